The molecule has 1 N–H and O–H groups in total. The molecule has 2 heterocycles. The summed E-state index contributed by atoms with van der Waals surface area (Å²) in [6.45, 7) is 7.14. The Morgan fingerprint density at radius 1 is 1.11 bits per heavy atom. The van der Waals surface area contributed by atoms with Gasteiger partial charge in [-0.05, 0) is 50.2 Å². The second kappa shape index (κ2) is 11.9. The second-order valence-corrected chi connectivity index (χ2v) is 9.05. The van der Waals surface area contributed by atoms with Gasteiger partial charge in [-0.3, -0.25) is 9.59 Å². The average molecular weight is 496 g/mol. The smallest absolute Gasteiger partial charge is 0.255 e. The minimum absolute atomic E-state index is 0.0393. The third-order valence-corrected chi connectivity index (χ3v) is 6.63. The Morgan fingerprint density at radius 2 is 1.86 bits per heavy atom. The van der Waals surface area contributed by atoms with Gasteiger partial charge in [0.05, 0.1) is 24.5 Å². The van der Waals surface area contributed by atoms with E-state index < -0.39 is 0 Å². The van der Waals surface area contributed by atoms with Crippen molar-refractivity contribution in [2.75, 3.05) is 49.6 Å². The molecule has 4 rings (SSSR count). The first-order valence-electron chi connectivity index (χ1n) is 11.6. The number of carbonyl (C=O) groups is 2. The number of hydrogen-bond donors (Lipinski definition) is 1. The summed E-state index contributed by atoms with van der Waals surface area (Å²) in [5.74, 6) is 1.09. The summed E-state index contributed by atoms with van der Waals surface area (Å²) in [5.41, 5.74) is 2.33. The second-order valence-electron chi connectivity index (χ2n) is 8.03. The van der Waals surface area contributed by atoms with Crippen LogP contribution in [0.2, 0.25) is 0 Å². The Bertz CT molecular complexity index is 1140. The largest absolute Gasteiger partial charge is 0.378 e. The molecule has 2 amide bonds. The minimum Gasteiger partial charge on any atom is -0.378 e. The van der Waals surface area contributed by atoms with Crippen LogP contribution in [0, 0.1) is 6.92 Å². The first-order valence-corrected chi connectivity index (χ1v) is 12.5. The number of nitrogens with zero attached hydrogens (tertiary/aromatic N) is 4. The van der Waals surface area contributed by atoms with Gasteiger partial charge in [0.1, 0.15) is 6.54 Å². The van der Waals surface area contributed by atoms with Crippen LogP contribution in [0.3, 0.4) is 0 Å². The summed E-state index contributed by atoms with van der Waals surface area (Å²) in [6.07, 6.45) is 0. The van der Waals surface area contributed by atoms with Crippen molar-refractivity contribution >= 4 is 35.0 Å². The number of ether oxygens (including phenoxy) is 1. The predicted molar refractivity (Wildman–Crippen MR) is 135 cm³/mol. The summed E-state index contributed by atoms with van der Waals surface area (Å²) in [6, 6.07) is 15.1. The van der Waals surface area contributed by atoms with Gasteiger partial charge in [-0.25, -0.2) is 0 Å². The molecular weight excluding hydrogens is 466 g/mol. The molecule has 1 aromatic heterocycles. The van der Waals surface area contributed by atoms with E-state index in [9.17, 15) is 9.59 Å². The fourth-order valence-corrected chi connectivity index (χ4v) is 4.64. The van der Waals surface area contributed by atoms with Crippen molar-refractivity contribution in [1.29, 1.82) is 0 Å². The lowest BCUT2D eigenvalue weighted by Gasteiger charge is -2.29. The zero-order chi connectivity index (χ0) is 24.6. The third-order valence-electron chi connectivity index (χ3n) is 5.57. The van der Waals surface area contributed by atoms with Crippen molar-refractivity contribution < 1.29 is 18.8 Å². The SMILES string of the molecule is CCN(CC(=O)Nc1ccc(N2CCOCC2)cc1)C(=O)c1ccccc1SCc1nc(C)no1. The van der Waals surface area contributed by atoms with E-state index in [1.807, 2.05) is 49.4 Å². The fraction of sp³-hybridized carbons (Fsp3) is 0.360. The Labute approximate surface area is 208 Å². The van der Waals surface area contributed by atoms with Crippen LogP contribution in [0.5, 0.6) is 0 Å². The summed E-state index contributed by atoms with van der Waals surface area (Å²) in [5, 5.41) is 6.69. The maximum atomic E-state index is 13.3. The van der Waals surface area contributed by atoms with Gasteiger partial charge in [0, 0.05) is 35.9 Å². The zero-order valence-electron chi connectivity index (χ0n) is 19.9. The van der Waals surface area contributed by atoms with E-state index in [0.717, 1.165) is 36.9 Å². The molecule has 35 heavy (non-hydrogen) atoms. The number of rotatable bonds is 9. The van der Waals surface area contributed by atoms with Gasteiger partial charge in [-0.1, -0.05) is 17.3 Å². The molecule has 0 saturated carbocycles. The van der Waals surface area contributed by atoms with Crippen molar-refractivity contribution in [1.82, 2.24) is 15.0 Å². The predicted octanol–water partition coefficient (Wildman–Crippen LogP) is 3.61. The first kappa shape index (κ1) is 24.7. The highest BCUT2D eigenvalue weighted by molar-refractivity contribution is 7.98. The fourth-order valence-electron chi connectivity index (χ4n) is 3.76. The maximum Gasteiger partial charge on any atom is 0.255 e. The molecule has 3 aromatic rings. The molecule has 1 aliphatic rings. The van der Waals surface area contributed by atoms with Crippen LogP contribution in [0.1, 0.15) is 29.0 Å². The Balaban J connectivity index is 1.36. The molecule has 9 nitrogen and oxygen atoms in total. The number of likely N-dealkylation sites (N-methyl/N-ethyl adjacent to an activating group) is 1. The van der Waals surface area contributed by atoms with Gasteiger partial charge in [0.2, 0.25) is 11.8 Å². The number of hydrogen-bond acceptors (Lipinski definition) is 8. The molecule has 184 valence electrons. The van der Waals surface area contributed by atoms with Crippen LogP contribution < -0.4 is 10.2 Å². The van der Waals surface area contributed by atoms with Crippen LogP contribution in [-0.2, 0) is 15.3 Å². The Hall–Kier alpha value is -3.37. The Kier molecular flexibility index (Phi) is 8.38. The van der Waals surface area contributed by atoms with Gasteiger partial charge in [0.25, 0.3) is 5.91 Å². The van der Waals surface area contributed by atoms with Crippen LogP contribution in [-0.4, -0.2) is 66.2 Å². The van der Waals surface area contributed by atoms with Gasteiger partial charge in [-0.15, -0.1) is 11.8 Å². The van der Waals surface area contributed by atoms with Gasteiger partial charge >= 0.3 is 0 Å². The molecule has 2 aromatic carbocycles. The molecule has 10 heteroatoms. The van der Waals surface area contributed by atoms with Crippen molar-refractivity contribution in [3.8, 4) is 0 Å². The van der Waals surface area contributed by atoms with Crippen molar-refractivity contribution in [3.05, 3.63) is 65.8 Å². The summed E-state index contributed by atoms with van der Waals surface area (Å²) < 4.78 is 10.6. The van der Waals surface area contributed by atoms with E-state index in [2.05, 4.69) is 20.4 Å². The van der Waals surface area contributed by atoms with E-state index >= 15 is 0 Å². The van der Waals surface area contributed by atoms with Gasteiger partial charge in [0.15, 0.2) is 5.82 Å². The molecule has 0 unspecified atom stereocenters. The maximum absolute atomic E-state index is 13.3. The highest BCUT2D eigenvalue weighted by Crippen LogP contribution is 2.27. The van der Waals surface area contributed by atoms with Crippen molar-refractivity contribution in [2.24, 2.45) is 0 Å². The highest BCUT2D eigenvalue weighted by Gasteiger charge is 2.21. The van der Waals surface area contributed by atoms with Gasteiger partial charge < -0.3 is 24.4 Å². The van der Waals surface area contributed by atoms with Crippen LogP contribution in [0.4, 0.5) is 11.4 Å². The zero-order valence-corrected chi connectivity index (χ0v) is 20.7. The molecule has 0 aliphatic carbocycles. The third kappa shape index (κ3) is 6.61. The van der Waals surface area contributed by atoms with E-state index in [0.29, 0.717) is 35.3 Å². The van der Waals surface area contributed by atoms with E-state index in [4.69, 9.17) is 9.26 Å². The van der Waals surface area contributed by atoms with E-state index in [1.165, 1.54) is 16.7 Å². The van der Waals surface area contributed by atoms with Gasteiger partial charge in [-0.2, -0.15) is 4.98 Å². The first-order chi connectivity index (χ1) is 17.0. The molecule has 0 spiro atoms. The number of amides is 2. The number of carbonyl (C=O) groups excluding carboxylic acids is 2. The number of nitrogens with one attached hydrogen (secondary N) is 1. The molecule has 1 saturated heterocycles. The van der Waals surface area contributed by atoms with Crippen molar-refractivity contribution in [3.63, 3.8) is 0 Å². The van der Waals surface area contributed by atoms with Crippen LogP contribution >= 0.6 is 11.8 Å². The average Bonchev–Trinajstić information content (AvgIpc) is 3.31. The number of anilines is 2. The number of benzene rings is 2. The lowest BCUT2D eigenvalue weighted by molar-refractivity contribution is -0.116. The standard InChI is InChI=1S/C25H29N5O4S/c1-3-29(16-23(31)27-19-8-10-20(11-9-19)30-12-14-33-15-13-30)25(32)21-6-4-5-7-22(21)35-17-24-26-18(2)28-34-24/h4-11H,3,12-17H2,1-2H3,(H,27,31). The summed E-state index contributed by atoms with van der Waals surface area (Å²) in [4.78, 5) is 34.8. The van der Waals surface area contributed by atoms with E-state index in [-0.39, 0.29) is 18.4 Å². The molecule has 1 aliphatic heterocycles. The van der Waals surface area contributed by atoms with Crippen LogP contribution in [0.15, 0.2) is 57.9 Å². The van der Waals surface area contributed by atoms with Crippen LogP contribution in [0.25, 0.3) is 0 Å². The monoisotopic (exact) mass is 495 g/mol. The molecule has 0 radical (unpaired) electrons. The summed E-state index contributed by atoms with van der Waals surface area (Å²) in [7, 11) is 0. The number of aromatic nitrogens is 2. The molecule has 0 bridgehead atoms. The van der Waals surface area contributed by atoms with E-state index in [1.54, 1.807) is 13.0 Å². The number of thioether (sulfide) groups is 1. The minimum atomic E-state index is -0.245. The summed E-state index contributed by atoms with van der Waals surface area (Å²) >= 11 is 1.45. The lowest BCUT2D eigenvalue weighted by Crippen LogP contribution is -2.38. The molecule has 1 fully saturated rings. The quantitative estimate of drug-likeness (QED) is 0.450. The molecule has 0 atom stereocenters. The highest BCUT2D eigenvalue weighted by atomic mass is 32.2. The van der Waals surface area contributed by atoms with Crippen molar-refractivity contribution in [2.45, 2.75) is 24.5 Å². The normalized spacial score (nSPS) is 13.5. The molecular formula is C25H29N5O4S. The lowest BCUT2D eigenvalue weighted by atomic mass is 10.2. The number of aryl methyl sites for hydroxylation is 1. The number of morpholine rings is 1. The topological polar surface area (TPSA) is 101 Å². The Morgan fingerprint density at radius 3 is 2.54 bits per heavy atom.